The van der Waals surface area contributed by atoms with Gasteiger partial charge >= 0.3 is 0 Å². The van der Waals surface area contributed by atoms with E-state index in [1.165, 1.54) is 44.3 Å². The average Bonchev–Trinajstić information content (AvgIpc) is 2.91. The van der Waals surface area contributed by atoms with Crippen LogP contribution in [0.25, 0.3) is 0 Å². The average molecular weight is 492 g/mol. The monoisotopic (exact) mass is 492 g/mol. The van der Waals surface area contributed by atoms with Crippen LogP contribution in [-0.2, 0) is 6.54 Å². The van der Waals surface area contributed by atoms with Gasteiger partial charge in [-0.1, -0.05) is 19.3 Å². The number of hydrogen-bond donors (Lipinski definition) is 2. The summed E-state index contributed by atoms with van der Waals surface area (Å²) < 4.78 is 2.07. The second kappa shape index (κ2) is 16.2. The van der Waals surface area contributed by atoms with Crippen LogP contribution in [0.5, 0.6) is 0 Å². The number of guanidine groups is 1. The molecule has 1 aromatic heterocycles. The summed E-state index contributed by atoms with van der Waals surface area (Å²) >= 11 is 0. The summed E-state index contributed by atoms with van der Waals surface area (Å²) in [6, 6.07) is 2.12. The Hall–Kier alpha value is -0.830. The van der Waals surface area contributed by atoms with E-state index >= 15 is 0 Å². The molecular weight excluding hydrogens is 451 g/mol. The predicted octanol–water partition coefficient (Wildman–Crippen LogP) is 3.58. The van der Waals surface area contributed by atoms with Crippen LogP contribution in [0.1, 0.15) is 56.8 Å². The second-order valence-corrected chi connectivity index (χ2v) is 7.26. The molecule has 1 heterocycles. The summed E-state index contributed by atoms with van der Waals surface area (Å²) in [6.07, 6.45) is 7.46. The minimum absolute atomic E-state index is 0. The Morgan fingerprint density at radius 2 is 1.78 bits per heavy atom. The van der Waals surface area contributed by atoms with E-state index in [2.05, 4.69) is 64.3 Å². The van der Waals surface area contributed by atoms with Crippen molar-refractivity contribution in [2.75, 3.05) is 40.3 Å². The van der Waals surface area contributed by atoms with Crippen molar-refractivity contribution in [3.8, 4) is 0 Å². The fraction of sp³-hybridized carbons (Fsp3) is 0.800. The molecule has 0 aliphatic rings. The number of halogens is 1. The lowest BCUT2D eigenvalue weighted by Crippen LogP contribution is -2.37. The van der Waals surface area contributed by atoms with E-state index in [-0.39, 0.29) is 24.0 Å². The minimum atomic E-state index is 0. The standard InChI is InChI=1S/C20H40N6.HI/c1-6-21-20(22-13-10-8-7-9-11-15-25(4)5)23-14-12-16-26-19(3)17-18(2)24-26;/h17H,6-16H2,1-5H3,(H2,21,22,23);1H. The van der Waals surface area contributed by atoms with Crippen LogP contribution >= 0.6 is 24.0 Å². The summed E-state index contributed by atoms with van der Waals surface area (Å²) in [4.78, 5) is 6.94. The maximum atomic E-state index is 4.68. The Labute approximate surface area is 183 Å². The first-order chi connectivity index (χ1) is 12.5. The third-order valence-electron chi connectivity index (χ3n) is 4.32. The van der Waals surface area contributed by atoms with E-state index in [9.17, 15) is 0 Å². The SMILES string of the molecule is CCNC(=NCCCn1nc(C)cc1C)NCCCCCCCN(C)C.I. The van der Waals surface area contributed by atoms with Crippen LogP contribution in [0, 0.1) is 13.8 Å². The van der Waals surface area contributed by atoms with Gasteiger partial charge in [0.25, 0.3) is 0 Å². The molecule has 0 radical (unpaired) electrons. The number of rotatable bonds is 13. The van der Waals surface area contributed by atoms with Gasteiger partial charge in [0, 0.05) is 31.9 Å². The van der Waals surface area contributed by atoms with Gasteiger partial charge in [0.05, 0.1) is 5.69 Å². The van der Waals surface area contributed by atoms with E-state index in [1.807, 2.05) is 6.92 Å². The highest BCUT2D eigenvalue weighted by Gasteiger charge is 2.01. The Morgan fingerprint density at radius 1 is 1.07 bits per heavy atom. The summed E-state index contributed by atoms with van der Waals surface area (Å²) in [5, 5.41) is 11.3. The number of aliphatic imine (C=N–C) groups is 1. The number of aryl methyl sites for hydroxylation is 3. The first-order valence-corrected chi connectivity index (χ1v) is 10.2. The highest BCUT2D eigenvalue weighted by molar-refractivity contribution is 14.0. The molecule has 0 aromatic carbocycles. The molecule has 1 rings (SSSR count). The van der Waals surface area contributed by atoms with Crippen LogP contribution in [0.2, 0.25) is 0 Å². The predicted molar refractivity (Wildman–Crippen MR) is 127 cm³/mol. The lowest BCUT2D eigenvalue weighted by molar-refractivity contribution is 0.389. The Balaban J connectivity index is 0.00000676. The number of unbranched alkanes of at least 4 members (excludes halogenated alkanes) is 4. The Morgan fingerprint density at radius 3 is 2.41 bits per heavy atom. The van der Waals surface area contributed by atoms with E-state index in [0.29, 0.717) is 0 Å². The topological polar surface area (TPSA) is 57.5 Å². The summed E-state index contributed by atoms with van der Waals surface area (Å²) in [5.74, 6) is 0.938. The highest BCUT2D eigenvalue weighted by Crippen LogP contribution is 2.03. The Bertz CT molecular complexity index is 513. The van der Waals surface area contributed by atoms with E-state index in [4.69, 9.17) is 0 Å². The van der Waals surface area contributed by atoms with Gasteiger partial charge in [-0.25, -0.2) is 0 Å². The molecule has 0 spiro atoms. The van der Waals surface area contributed by atoms with Gasteiger partial charge in [-0.3, -0.25) is 9.67 Å². The Kier molecular flexibility index (Phi) is 15.7. The molecule has 0 aliphatic heterocycles. The van der Waals surface area contributed by atoms with Gasteiger partial charge in [-0.05, 0) is 66.7 Å². The molecule has 1 aromatic rings. The van der Waals surface area contributed by atoms with Gasteiger partial charge in [0.2, 0.25) is 0 Å². The van der Waals surface area contributed by atoms with Crippen LogP contribution in [0.15, 0.2) is 11.1 Å². The smallest absolute Gasteiger partial charge is 0.191 e. The van der Waals surface area contributed by atoms with Crippen LogP contribution in [-0.4, -0.2) is 60.9 Å². The molecule has 0 aliphatic carbocycles. The van der Waals surface area contributed by atoms with E-state index < -0.39 is 0 Å². The summed E-state index contributed by atoms with van der Waals surface area (Å²) in [7, 11) is 4.28. The van der Waals surface area contributed by atoms with Crippen molar-refractivity contribution in [3.05, 3.63) is 17.5 Å². The van der Waals surface area contributed by atoms with Crippen molar-refractivity contribution in [1.82, 2.24) is 25.3 Å². The quantitative estimate of drug-likeness (QED) is 0.191. The zero-order valence-electron chi connectivity index (χ0n) is 18.1. The van der Waals surface area contributed by atoms with Crippen molar-refractivity contribution in [2.45, 2.75) is 65.8 Å². The molecule has 6 nitrogen and oxygen atoms in total. The third kappa shape index (κ3) is 13.1. The number of hydrogen-bond acceptors (Lipinski definition) is 3. The fourth-order valence-electron chi connectivity index (χ4n) is 2.94. The van der Waals surface area contributed by atoms with Crippen LogP contribution in [0.4, 0.5) is 0 Å². The largest absolute Gasteiger partial charge is 0.357 e. The maximum absolute atomic E-state index is 4.68. The van der Waals surface area contributed by atoms with E-state index in [1.54, 1.807) is 0 Å². The number of nitrogens with zero attached hydrogens (tertiary/aromatic N) is 4. The van der Waals surface area contributed by atoms with E-state index in [0.717, 1.165) is 44.3 Å². The first kappa shape index (κ1) is 26.2. The van der Waals surface area contributed by atoms with Crippen molar-refractivity contribution < 1.29 is 0 Å². The highest BCUT2D eigenvalue weighted by atomic mass is 127. The molecule has 0 amide bonds. The summed E-state index contributed by atoms with van der Waals surface area (Å²) in [6.45, 7) is 11.1. The van der Waals surface area contributed by atoms with Crippen molar-refractivity contribution in [1.29, 1.82) is 0 Å². The van der Waals surface area contributed by atoms with Crippen LogP contribution < -0.4 is 10.6 Å². The summed E-state index contributed by atoms with van der Waals surface area (Å²) in [5.41, 5.74) is 2.31. The lowest BCUT2D eigenvalue weighted by Gasteiger charge is -2.12. The van der Waals surface area contributed by atoms with Crippen molar-refractivity contribution in [3.63, 3.8) is 0 Å². The van der Waals surface area contributed by atoms with Crippen molar-refractivity contribution in [2.24, 2.45) is 4.99 Å². The van der Waals surface area contributed by atoms with Gasteiger partial charge in [-0.2, -0.15) is 5.10 Å². The zero-order valence-corrected chi connectivity index (χ0v) is 20.4. The molecule has 0 saturated heterocycles. The maximum Gasteiger partial charge on any atom is 0.191 e. The van der Waals surface area contributed by atoms with Gasteiger partial charge in [0.15, 0.2) is 5.96 Å². The fourth-order valence-corrected chi connectivity index (χ4v) is 2.94. The van der Waals surface area contributed by atoms with Gasteiger partial charge in [-0.15, -0.1) is 24.0 Å². The third-order valence-corrected chi connectivity index (χ3v) is 4.32. The zero-order chi connectivity index (χ0) is 19.2. The molecule has 0 fully saturated rings. The van der Waals surface area contributed by atoms with Gasteiger partial charge < -0.3 is 15.5 Å². The number of nitrogens with one attached hydrogen (secondary N) is 2. The molecule has 0 unspecified atom stereocenters. The molecule has 0 bridgehead atoms. The first-order valence-electron chi connectivity index (χ1n) is 10.2. The minimum Gasteiger partial charge on any atom is -0.357 e. The van der Waals surface area contributed by atoms with Crippen molar-refractivity contribution >= 4 is 29.9 Å². The molecule has 158 valence electrons. The normalized spacial score (nSPS) is 11.6. The molecular formula is C20H41IN6. The number of aromatic nitrogens is 2. The van der Waals surface area contributed by atoms with Crippen LogP contribution in [0.3, 0.4) is 0 Å². The van der Waals surface area contributed by atoms with Gasteiger partial charge in [0.1, 0.15) is 0 Å². The molecule has 0 atom stereocenters. The molecule has 27 heavy (non-hydrogen) atoms. The molecule has 7 heteroatoms. The lowest BCUT2D eigenvalue weighted by atomic mass is 10.1. The molecule has 2 N–H and O–H groups in total. The second-order valence-electron chi connectivity index (χ2n) is 7.26. The molecule has 0 saturated carbocycles.